The van der Waals surface area contributed by atoms with Crippen LogP contribution in [-0.4, -0.2) is 5.11 Å². The summed E-state index contributed by atoms with van der Waals surface area (Å²) in [5.41, 5.74) is 5.25. The average Bonchev–Trinajstić information content (AvgIpc) is 2.71. The number of rotatable bonds is 23. The van der Waals surface area contributed by atoms with Gasteiger partial charge in [0.1, 0.15) is 5.76 Å². The largest absolute Gasteiger partial charge is 0.511 e. The number of unbranched alkanes of at least 4 members (excludes halogenated alkanes) is 21. The van der Waals surface area contributed by atoms with Gasteiger partial charge in [-0.1, -0.05) is 142 Å². The van der Waals surface area contributed by atoms with Crippen molar-refractivity contribution < 1.29 is 5.11 Å². The van der Waals surface area contributed by atoms with Crippen molar-refractivity contribution in [2.75, 3.05) is 0 Å². The van der Waals surface area contributed by atoms with Crippen LogP contribution in [0.25, 0.3) is 0 Å². The third-order valence-corrected chi connectivity index (χ3v) is 5.98. The van der Waals surface area contributed by atoms with Gasteiger partial charge in [-0.2, -0.15) is 0 Å². The van der Waals surface area contributed by atoms with Gasteiger partial charge in [0.05, 0.1) is 0 Å². The second-order valence-electron chi connectivity index (χ2n) is 8.83. The molecule has 0 radical (unpaired) electrons. The van der Waals surface area contributed by atoms with Gasteiger partial charge in [-0.15, -0.1) is 0 Å². The molecule has 0 amide bonds. The zero-order valence-electron chi connectivity index (χ0n) is 19.4. The van der Waals surface area contributed by atoms with Gasteiger partial charge < -0.3 is 10.8 Å². The zero-order chi connectivity index (χ0) is 20.5. The molecule has 0 aliphatic rings. The summed E-state index contributed by atoms with van der Waals surface area (Å²) in [4.78, 5) is 0. The molecule has 0 bridgehead atoms. The van der Waals surface area contributed by atoms with E-state index < -0.39 is 0 Å². The average molecular weight is 396 g/mol. The molecule has 0 aliphatic heterocycles. The lowest BCUT2D eigenvalue weighted by molar-refractivity contribution is 0.378. The first-order valence-corrected chi connectivity index (χ1v) is 12.9. The lowest BCUT2D eigenvalue weighted by atomic mass is 10.0. The zero-order valence-corrected chi connectivity index (χ0v) is 19.4. The maximum atomic E-state index is 9.26. The summed E-state index contributed by atoms with van der Waals surface area (Å²) >= 11 is 0. The van der Waals surface area contributed by atoms with E-state index in [0.29, 0.717) is 5.76 Å². The fraction of sp³-hybridized carbons (Fsp3) is 0.923. The molecule has 0 saturated carbocycles. The van der Waals surface area contributed by atoms with Gasteiger partial charge in [-0.05, 0) is 6.42 Å². The first-order chi connectivity index (χ1) is 13.8. The highest BCUT2D eigenvalue weighted by molar-refractivity contribution is 4.85. The standard InChI is InChI=1S/C26H53NO/c1-2-3-4-5-6-7-8-9-10-11-12-13-14-15-16-17-18-19-20-21-22-23-24-26(28)25-27/h25,28H,2-24,27H2,1H3. The molecule has 0 aromatic carbocycles. The first kappa shape index (κ1) is 27.3. The van der Waals surface area contributed by atoms with Gasteiger partial charge in [-0.25, -0.2) is 0 Å². The van der Waals surface area contributed by atoms with Gasteiger partial charge >= 0.3 is 0 Å². The molecule has 2 heteroatoms. The van der Waals surface area contributed by atoms with Crippen LogP contribution in [-0.2, 0) is 0 Å². The number of aliphatic hydroxyl groups is 1. The SMILES string of the molecule is CCCCCCCCCCCCCCCCCCCCCCCCC(O)=CN. The topological polar surface area (TPSA) is 46.2 Å². The van der Waals surface area contributed by atoms with Crippen molar-refractivity contribution >= 4 is 0 Å². The number of aliphatic hydroxyl groups excluding tert-OH is 1. The Morgan fingerprint density at radius 1 is 0.500 bits per heavy atom. The minimum atomic E-state index is 0.341. The molecule has 0 aromatic rings. The lowest BCUT2D eigenvalue weighted by Gasteiger charge is -2.04. The van der Waals surface area contributed by atoms with Gasteiger partial charge in [0.25, 0.3) is 0 Å². The molecular weight excluding hydrogens is 342 g/mol. The van der Waals surface area contributed by atoms with Crippen molar-refractivity contribution in [3.63, 3.8) is 0 Å². The Hall–Kier alpha value is -0.660. The van der Waals surface area contributed by atoms with Crippen molar-refractivity contribution in [3.8, 4) is 0 Å². The van der Waals surface area contributed by atoms with E-state index in [9.17, 15) is 5.11 Å². The van der Waals surface area contributed by atoms with Gasteiger partial charge in [-0.3, -0.25) is 0 Å². The number of hydrogen-bond acceptors (Lipinski definition) is 2. The van der Waals surface area contributed by atoms with E-state index in [1.165, 1.54) is 141 Å². The quantitative estimate of drug-likeness (QED) is 0.134. The summed E-state index contributed by atoms with van der Waals surface area (Å²) < 4.78 is 0. The fourth-order valence-electron chi connectivity index (χ4n) is 4.00. The minimum Gasteiger partial charge on any atom is -0.511 e. The van der Waals surface area contributed by atoms with E-state index in [2.05, 4.69) is 6.92 Å². The van der Waals surface area contributed by atoms with Crippen LogP contribution >= 0.6 is 0 Å². The molecule has 168 valence electrons. The third kappa shape index (κ3) is 23.4. The van der Waals surface area contributed by atoms with Crippen molar-refractivity contribution in [2.24, 2.45) is 5.73 Å². The highest BCUT2D eigenvalue weighted by Crippen LogP contribution is 2.15. The Morgan fingerprint density at radius 3 is 1.00 bits per heavy atom. The second-order valence-corrected chi connectivity index (χ2v) is 8.83. The van der Waals surface area contributed by atoms with E-state index in [1.807, 2.05) is 0 Å². The summed E-state index contributed by atoms with van der Waals surface area (Å²) in [7, 11) is 0. The van der Waals surface area contributed by atoms with Crippen LogP contribution in [0.5, 0.6) is 0 Å². The maximum Gasteiger partial charge on any atom is 0.108 e. The first-order valence-electron chi connectivity index (χ1n) is 12.9. The predicted octanol–water partition coefficient (Wildman–Crippen LogP) is 9.34. The van der Waals surface area contributed by atoms with Gasteiger partial charge in [0, 0.05) is 12.6 Å². The van der Waals surface area contributed by atoms with Crippen molar-refractivity contribution in [2.45, 2.75) is 155 Å². The molecular formula is C26H53NO. The molecule has 0 atom stereocenters. The van der Waals surface area contributed by atoms with Gasteiger partial charge in [0.15, 0.2) is 0 Å². The highest BCUT2D eigenvalue weighted by atomic mass is 16.3. The molecule has 0 rings (SSSR count). The summed E-state index contributed by atoms with van der Waals surface area (Å²) in [6.45, 7) is 2.29. The molecule has 0 aromatic heterocycles. The number of allylic oxidation sites excluding steroid dienone is 1. The minimum absolute atomic E-state index is 0.341. The lowest BCUT2D eigenvalue weighted by Crippen LogP contribution is -1.88. The summed E-state index contributed by atoms with van der Waals surface area (Å²) in [5, 5.41) is 9.26. The molecule has 2 nitrogen and oxygen atoms in total. The third-order valence-electron chi connectivity index (χ3n) is 5.98. The summed E-state index contributed by atoms with van der Waals surface area (Å²) in [6.07, 6.45) is 33.0. The van der Waals surface area contributed by atoms with Crippen LogP contribution < -0.4 is 5.73 Å². The Morgan fingerprint density at radius 2 is 0.750 bits per heavy atom. The van der Waals surface area contributed by atoms with E-state index in [-0.39, 0.29) is 0 Å². The van der Waals surface area contributed by atoms with Gasteiger partial charge in [0.2, 0.25) is 0 Å². The molecule has 0 aliphatic carbocycles. The second kappa shape index (κ2) is 24.4. The molecule has 0 unspecified atom stereocenters. The molecule has 0 spiro atoms. The summed E-state index contributed by atoms with van der Waals surface area (Å²) in [5.74, 6) is 0.341. The molecule has 28 heavy (non-hydrogen) atoms. The highest BCUT2D eigenvalue weighted by Gasteiger charge is 1.96. The molecule has 0 saturated heterocycles. The Kier molecular flexibility index (Phi) is 23.8. The molecule has 0 heterocycles. The Bertz CT molecular complexity index is 314. The monoisotopic (exact) mass is 395 g/mol. The van der Waals surface area contributed by atoms with E-state index in [4.69, 9.17) is 5.73 Å². The van der Waals surface area contributed by atoms with Crippen LogP contribution in [0.15, 0.2) is 12.0 Å². The van der Waals surface area contributed by atoms with Crippen molar-refractivity contribution in [1.82, 2.24) is 0 Å². The van der Waals surface area contributed by atoms with E-state index in [0.717, 1.165) is 12.8 Å². The van der Waals surface area contributed by atoms with Crippen molar-refractivity contribution in [1.29, 1.82) is 0 Å². The Balaban J connectivity index is 3.01. The Labute approximate surface area is 177 Å². The van der Waals surface area contributed by atoms with Crippen LogP contribution in [0.2, 0.25) is 0 Å². The predicted molar refractivity (Wildman–Crippen MR) is 127 cm³/mol. The maximum absolute atomic E-state index is 9.26. The normalized spacial score (nSPS) is 12.0. The molecule has 0 fully saturated rings. The van der Waals surface area contributed by atoms with Crippen LogP contribution in [0.3, 0.4) is 0 Å². The van der Waals surface area contributed by atoms with E-state index >= 15 is 0 Å². The van der Waals surface area contributed by atoms with E-state index in [1.54, 1.807) is 0 Å². The van der Waals surface area contributed by atoms with Crippen LogP contribution in [0.1, 0.15) is 155 Å². The smallest absolute Gasteiger partial charge is 0.108 e. The summed E-state index contributed by atoms with van der Waals surface area (Å²) in [6, 6.07) is 0. The van der Waals surface area contributed by atoms with Crippen LogP contribution in [0, 0.1) is 0 Å². The number of nitrogens with two attached hydrogens (primary N) is 1. The fourth-order valence-corrected chi connectivity index (χ4v) is 4.00. The van der Waals surface area contributed by atoms with Crippen LogP contribution in [0.4, 0.5) is 0 Å². The number of hydrogen-bond donors (Lipinski definition) is 2. The molecule has 3 N–H and O–H groups in total. The van der Waals surface area contributed by atoms with Crippen molar-refractivity contribution in [3.05, 3.63) is 12.0 Å².